The summed E-state index contributed by atoms with van der Waals surface area (Å²) < 4.78 is 14.6. The number of hydrogen-bond acceptors (Lipinski definition) is 6. The number of esters is 1. The zero-order chi connectivity index (χ0) is 29.2. The van der Waals surface area contributed by atoms with Gasteiger partial charge in [0.05, 0.1) is 28.5 Å². The average Bonchev–Trinajstić information content (AvgIpc) is 3.30. The zero-order valence-corrected chi connectivity index (χ0v) is 25.4. The minimum absolute atomic E-state index is 0.207. The highest BCUT2D eigenvalue weighted by molar-refractivity contribution is 9.10. The highest BCUT2D eigenvalue weighted by Gasteiger charge is 2.34. The number of ether oxygens (including phenoxy) is 2. The molecule has 1 aliphatic rings. The molecule has 0 radical (unpaired) electrons. The number of hydrogen-bond donors (Lipinski definition) is 0. The molecule has 1 aromatic heterocycles. The summed E-state index contributed by atoms with van der Waals surface area (Å²) in [5.41, 5.74) is 3.50. The minimum atomic E-state index is -0.664. The molecule has 210 valence electrons. The fourth-order valence-corrected chi connectivity index (χ4v) is 6.44. The number of fused-ring (bicyclic) bond motifs is 2. The molecule has 6 rings (SSSR count). The summed E-state index contributed by atoms with van der Waals surface area (Å²) >= 11 is 4.76. The first-order valence-corrected chi connectivity index (χ1v) is 15.2. The fraction of sp³-hybridized carbons (Fsp3) is 0.147. The minimum Gasteiger partial charge on any atom is -0.489 e. The van der Waals surface area contributed by atoms with Crippen LogP contribution < -0.4 is 19.6 Å². The maximum absolute atomic E-state index is 14.0. The fourth-order valence-electron chi connectivity index (χ4n) is 5.13. The van der Waals surface area contributed by atoms with E-state index in [9.17, 15) is 9.59 Å². The number of aromatic nitrogens is 1. The number of thiazole rings is 1. The number of benzene rings is 4. The van der Waals surface area contributed by atoms with Crippen LogP contribution >= 0.6 is 27.3 Å². The molecule has 0 N–H and O–H groups in total. The third-order valence-electron chi connectivity index (χ3n) is 7.13. The van der Waals surface area contributed by atoms with E-state index in [-0.39, 0.29) is 12.2 Å². The van der Waals surface area contributed by atoms with E-state index in [0.29, 0.717) is 27.2 Å². The molecule has 4 aromatic carbocycles. The van der Waals surface area contributed by atoms with Crippen LogP contribution in [0, 0.1) is 0 Å². The Balaban J connectivity index is 1.39. The number of carbonyl (C=O) groups is 1. The molecular formula is C34H27BrN2O4S. The van der Waals surface area contributed by atoms with Gasteiger partial charge in [-0.3, -0.25) is 9.36 Å². The molecule has 0 spiro atoms. The van der Waals surface area contributed by atoms with Crippen molar-refractivity contribution in [3.05, 3.63) is 143 Å². The molecule has 8 heteroatoms. The Labute approximate surface area is 255 Å². The van der Waals surface area contributed by atoms with Gasteiger partial charge in [0, 0.05) is 4.47 Å². The first-order chi connectivity index (χ1) is 20.4. The largest absolute Gasteiger partial charge is 0.489 e. The van der Waals surface area contributed by atoms with E-state index in [4.69, 9.17) is 14.5 Å². The predicted molar refractivity (Wildman–Crippen MR) is 169 cm³/mol. The van der Waals surface area contributed by atoms with Crippen molar-refractivity contribution in [2.45, 2.75) is 26.5 Å². The van der Waals surface area contributed by atoms with Gasteiger partial charge in [0.2, 0.25) is 0 Å². The van der Waals surface area contributed by atoms with Crippen LogP contribution in [-0.2, 0) is 16.1 Å². The topological polar surface area (TPSA) is 69.9 Å². The van der Waals surface area contributed by atoms with Crippen LogP contribution in [0.1, 0.15) is 36.6 Å². The number of carbonyl (C=O) groups excluding carboxylic acids is 1. The van der Waals surface area contributed by atoms with Crippen molar-refractivity contribution in [3.63, 3.8) is 0 Å². The molecule has 0 saturated carbocycles. The summed E-state index contributed by atoms with van der Waals surface area (Å²) in [5, 5.41) is 1.99. The van der Waals surface area contributed by atoms with Crippen LogP contribution in [-0.4, -0.2) is 17.1 Å². The van der Waals surface area contributed by atoms with E-state index in [1.165, 1.54) is 11.3 Å². The lowest BCUT2D eigenvalue weighted by molar-refractivity contribution is -0.139. The quantitative estimate of drug-likeness (QED) is 0.196. The maximum Gasteiger partial charge on any atom is 0.338 e. The summed E-state index contributed by atoms with van der Waals surface area (Å²) in [4.78, 5) is 32.5. The van der Waals surface area contributed by atoms with Gasteiger partial charge in [-0.2, -0.15) is 0 Å². The molecule has 0 bridgehead atoms. The van der Waals surface area contributed by atoms with E-state index in [1.807, 2.05) is 97.1 Å². The molecule has 6 nitrogen and oxygen atoms in total. The number of nitrogens with zero attached hydrogens (tertiary/aromatic N) is 2. The summed E-state index contributed by atoms with van der Waals surface area (Å²) in [6.07, 6.45) is 1.85. The SMILES string of the molecule is CCOC(=O)C1=C(C)N=c2s/c(=C/c3ccc(OCc4ccc(Br)cc4)cc3)c(=O)n2[C@@H]1c1cccc2ccccc12. The second kappa shape index (κ2) is 11.9. The van der Waals surface area contributed by atoms with Crippen LogP contribution in [0.2, 0.25) is 0 Å². The predicted octanol–water partition coefficient (Wildman–Crippen LogP) is 6.29. The van der Waals surface area contributed by atoms with Crippen molar-refractivity contribution < 1.29 is 14.3 Å². The van der Waals surface area contributed by atoms with E-state index >= 15 is 0 Å². The number of allylic oxidation sites excluding steroid dienone is 1. The van der Waals surface area contributed by atoms with Gasteiger partial charge in [-0.25, -0.2) is 9.79 Å². The van der Waals surface area contributed by atoms with Gasteiger partial charge in [0.25, 0.3) is 5.56 Å². The van der Waals surface area contributed by atoms with Gasteiger partial charge in [-0.15, -0.1) is 0 Å². The first kappa shape index (κ1) is 27.9. The summed E-state index contributed by atoms with van der Waals surface area (Å²) in [7, 11) is 0. The molecule has 2 heterocycles. The molecule has 1 atom stereocenters. The van der Waals surface area contributed by atoms with Gasteiger partial charge in [0.15, 0.2) is 4.80 Å². The van der Waals surface area contributed by atoms with Crippen molar-refractivity contribution in [2.75, 3.05) is 6.61 Å². The standard InChI is InChI=1S/C34H27BrN2O4S/c1-3-40-33(39)30-21(2)36-34-37(31(30)28-10-6-8-24-7-4-5-9-27(24)28)32(38)29(42-34)19-22-13-17-26(18-14-22)41-20-23-11-15-25(35)16-12-23/h4-19,31H,3,20H2,1-2H3/b29-19+/t31-/m1/s1. The van der Waals surface area contributed by atoms with Gasteiger partial charge < -0.3 is 9.47 Å². The third-order valence-corrected chi connectivity index (χ3v) is 8.64. The van der Waals surface area contributed by atoms with E-state index in [2.05, 4.69) is 15.9 Å². The summed E-state index contributed by atoms with van der Waals surface area (Å²) in [6.45, 7) is 4.26. The Bertz CT molecular complexity index is 2000. The average molecular weight is 640 g/mol. The van der Waals surface area contributed by atoms with Crippen molar-refractivity contribution in [3.8, 4) is 5.75 Å². The lowest BCUT2D eigenvalue weighted by Crippen LogP contribution is -2.40. The molecule has 0 unspecified atom stereocenters. The van der Waals surface area contributed by atoms with Gasteiger partial charge in [0.1, 0.15) is 12.4 Å². The molecular weight excluding hydrogens is 612 g/mol. The number of halogens is 1. The Morgan fingerprint density at radius 3 is 2.50 bits per heavy atom. The van der Waals surface area contributed by atoms with Crippen molar-refractivity contribution in [2.24, 2.45) is 4.99 Å². The van der Waals surface area contributed by atoms with Crippen LogP contribution in [0.4, 0.5) is 0 Å². The van der Waals surface area contributed by atoms with Crippen LogP contribution in [0.25, 0.3) is 16.8 Å². The second-order valence-corrected chi connectivity index (χ2v) is 11.8. The maximum atomic E-state index is 14.0. The summed E-state index contributed by atoms with van der Waals surface area (Å²) in [6, 6.07) is 28.9. The molecule has 5 aromatic rings. The lowest BCUT2D eigenvalue weighted by Gasteiger charge is -2.25. The third kappa shape index (κ3) is 5.47. The van der Waals surface area contributed by atoms with Gasteiger partial charge in [-0.05, 0) is 71.7 Å². The molecule has 0 saturated heterocycles. The lowest BCUT2D eigenvalue weighted by atomic mass is 9.91. The highest BCUT2D eigenvalue weighted by Crippen LogP contribution is 2.34. The summed E-state index contributed by atoms with van der Waals surface area (Å²) in [5.74, 6) is 0.270. The van der Waals surface area contributed by atoms with E-state index in [1.54, 1.807) is 18.4 Å². The first-order valence-electron chi connectivity index (χ1n) is 13.6. The highest BCUT2D eigenvalue weighted by atomic mass is 79.9. The zero-order valence-electron chi connectivity index (χ0n) is 23.0. The van der Waals surface area contributed by atoms with Crippen molar-refractivity contribution in [1.82, 2.24) is 4.57 Å². The monoisotopic (exact) mass is 638 g/mol. The smallest absolute Gasteiger partial charge is 0.338 e. The molecule has 1 aliphatic heterocycles. The Morgan fingerprint density at radius 2 is 1.74 bits per heavy atom. The number of rotatable bonds is 7. The Morgan fingerprint density at radius 1 is 1.00 bits per heavy atom. The van der Waals surface area contributed by atoms with E-state index in [0.717, 1.165) is 37.7 Å². The Kier molecular flexibility index (Phi) is 7.91. The molecule has 0 aliphatic carbocycles. The molecule has 42 heavy (non-hydrogen) atoms. The molecule has 0 amide bonds. The van der Waals surface area contributed by atoms with Crippen LogP contribution in [0.5, 0.6) is 5.75 Å². The normalized spacial score (nSPS) is 14.9. The van der Waals surface area contributed by atoms with Crippen LogP contribution in [0.15, 0.2) is 117 Å². The second-order valence-electron chi connectivity index (χ2n) is 9.85. The van der Waals surface area contributed by atoms with Crippen molar-refractivity contribution in [1.29, 1.82) is 0 Å². The Hall–Kier alpha value is -4.27. The van der Waals surface area contributed by atoms with Gasteiger partial charge in [-0.1, -0.05) is 94.0 Å². The molecule has 0 fully saturated rings. The van der Waals surface area contributed by atoms with Crippen molar-refractivity contribution >= 4 is 50.1 Å². The van der Waals surface area contributed by atoms with Gasteiger partial charge >= 0.3 is 5.97 Å². The van der Waals surface area contributed by atoms with Crippen LogP contribution in [0.3, 0.4) is 0 Å². The van der Waals surface area contributed by atoms with E-state index < -0.39 is 12.0 Å².